The SMILES string of the molecule is Cc1nc(-c2cc(Cl)c3c(c2)OCO3)[nH]c(=O)c1F. The second-order valence-electron chi connectivity index (χ2n) is 4.01. The highest BCUT2D eigenvalue weighted by molar-refractivity contribution is 6.32. The van der Waals surface area contributed by atoms with Gasteiger partial charge < -0.3 is 14.5 Å². The Kier molecular flexibility index (Phi) is 2.67. The van der Waals surface area contributed by atoms with Crippen LogP contribution >= 0.6 is 11.6 Å². The normalized spacial score (nSPS) is 12.8. The van der Waals surface area contributed by atoms with Crippen LogP contribution in [0.25, 0.3) is 11.4 Å². The number of fused-ring (bicyclic) bond motifs is 1. The Hall–Kier alpha value is -2.08. The van der Waals surface area contributed by atoms with Gasteiger partial charge >= 0.3 is 0 Å². The second kappa shape index (κ2) is 4.24. The molecular formula is C12H8ClFN2O3. The number of aryl methyl sites for hydroxylation is 1. The Balaban J connectivity index is 2.18. The van der Waals surface area contributed by atoms with Gasteiger partial charge in [0.2, 0.25) is 12.6 Å². The first-order valence-electron chi connectivity index (χ1n) is 5.42. The van der Waals surface area contributed by atoms with Crippen LogP contribution in [-0.4, -0.2) is 16.8 Å². The van der Waals surface area contributed by atoms with Gasteiger partial charge in [0.05, 0.1) is 10.7 Å². The van der Waals surface area contributed by atoms with E-state index >= 15 is 0 Å². The third-order valence-electron chi connectivity index (χ3n) is 2.73. The van der Waals surface area contributed by atoms with Crippen LogP contribution < -0.4 is 15.0 Å². The molecule has 0 amide bonds. The molecule has 98 valence electrons. The fourth-order valence-corrected chi connectivity index (χ4v) is 2.08. The summed E-state index contributed by atoms with van der Waals surface area (Å²) in [6.45, 7) is 1.51. The van der Waals surface area contributed by atoms with E-state index in [0.717, 1.165) is 0 Å². The molecule has 1 aliphatic heterocycles. The van der Waals surface area contributed by atoms with Crippen LogP contribution in [0.15, 0.2) is 16.9 Å². The summed E-state index contributed by atoms with van der Waals surface area (Å²) in [7, 11) is 0. The molecule has 7 heteroatoms. The Bertz CT molecular complexity index is 730. The van der Waals surface area contributed by atoms with Crippen LogP contribution in [0.1, 0.15) is 5.69 Å². The number of nitrogens with one attached hydrogen (secondary N) is 1. The lowest BCUT2D eigenvalue weighted by Gasteiger charge is -2.05. The summed E-state index contributed by atoms with van der Waals surface area (Å²) in [4.78, 5) is 17.7. The molecule has 0 aliphatic carbocycles. The van der Waals surface area contributed by atoms with Gasteiger partial charge in [0.15, 0.2) is 11.5 Å². The molecule has 0 bridgehead atoms. The van der Waals surface area contributed by atoms with Crippen LogP contribution in [-0.2, 0) is 0 Å². The van der Waals surface area contributed by atoms with E-state index in [-0.39, 0.29) is 18.3 Å². The number of H-pyrrole nitrogens is 1. The van der Waals surface area contributed by atoms with Gasteiger partial charge in [-0.3, -0.25) is 4.79 Å². The van der Waals surface area contributed by atoms with Crippen LogP contribution in [0.5, 0.6) is 11.5 Å². The lowest BCUT2D eigenvalue weighted by Crippen LogP contribution is -2.15. The predicted molar refractivity (Wildman–Crippen MR) is 66.1 cm³/mol. The van der Waals surface area contributed by atoms with Gasteiger partial charge in [0, 0.05) is 5.56 Å². The van der Waals surface area contributed by atoms with Crippen molar-refractivity contribution in [3.63, 3.8) is 0 Å². The van der Waals surface area contributed by atoms with Crippen molar-refractivity contribution in [2.45, 2.75) is 6.92 Å². The standard InChI is InChI=1S/C12H8ClFN2O3/c1-5-9(14)12(17)16-11(15-5)6-2-7(13)10-8(3-6)18-4-19-10/h2-3H,4H2,1H3,(H,15,16,17). The quantitative estimate of drug-likeness (QED) is 0.871. The molecule has 1 N–H and O–H groups in total. The van der Waals surface area contributed by atoms with E-state index in [0.29, 0.717) is 22.1 Å². The average Bonchev–Trinajstić information content (AvgIpc) is 2.84. The minimum absolute atomic E-state index is 0.0209. The topological polar surface area (TPSA) is 64.2 Å². The predicted octanol–water partition coefficient (Wildman–Crippen LogP) is 2.27. The van der Waals surface area contributed by atoms with Gasteiger partial charge in [-0.15, -0.1) is 0 Å². The zero-order valence-corrected chi connectivity index (χ0v) is 10.5. The molecule has 0 unspecified atom stereocenters. The highest BCUT2D eigenvalue weighted by Gasteiger charge is 2.20. The zero-order chi connectivity index (χ0) is 13.6. The molecular weight excluding hydrogens is 275 g/mol. The van der Waals surface area contributed by atoms with Crippen molar-refractivity contribution in [1.29, 1.82) is 0 Å². The fourth-order valence-electron chi connectivity index (χ4n) is 1.81. The summed E-state index contributed by atoms with van der Waals surface area (Å²) in [6.07, 6.45) is 0. The monoisotopic (exact) mass is 282 g/mol. The first-order valence-corrected chi connectivity index (χ1v) is 5.80. The van der Waals surface area contributed by atoms with Crippen LogP contribution in [0.2, 0.25) is 5.02 Å². The minimum atomic E-state index is -0.893. The van der Waals surface area contributed by atoms with E-state index in [4.69, 9.17) is 21.1 Å². The number of hydrogen-bond acceptors (Lipinski definition) is 4. The Labute approximate surface area is 112 Å². The fraction of sp³-hybridized carbons (Fsp3) is 0.167. The summed E-state index contributed by atoms with van der Waals surface area (Å²) < 4.78 is 23.7. The van der Waals surface area contributed by atoms with Crippen LogP contribution in [0.4, 0.5) is 4.39 Å². The summed E-state index contributed by atoms with van der Waals surface area (Å²) >= 11 is 6.04. The molecule has 2 heterocycles. The molecule has 0 saturated heterocycles. The maximum absolute atomic E-state index is 13.2. The van der Waals surface area contributed by atoms with Gasteiger partial charge in [0.1, 0.15) is 5.82 Å². The van der Waals surface area contributed by atoms with Crippen molar-refractivity contribution in [1.82, 2.24) is 9.97 Å². The summed E-state index contributed by atoms with van der Waals surface area (Å²) in [6, 6.07) is 3.20. The van der Waals surface area contributed by atoms with E-state index < -0.39 is 11.4 Å². The third-order valence-corrected chi connectivity index (χ3v) is 3.01. The maximum atomic E-state index is 13.2. The van der Waals surface area contributed by atoms with Gasteiger partial charge in [0.25, 0.3) is 5.56 Å². The minimum Gasteiger partial charge on any atom is -0.454 e. The third kappa shape index (κ3) is 1.94. The molecule has 5 nitrogen and oxygen atoms in total. The number of aromatic nitrogens is 2. The Morgan fingerprint density at radius 3 is 2.95 bits per heavy atom. The number of aromatic amines is 1. The smallest absolute Gasteiger partial charge is 0.287 e. The van der Waals surface area contributed by atoms with Gasteiger partial charge in [-0.1, -0.05) is 11.6 Å². The summed E-state index contributed by atoms with van der Waals surface area (Å²) in [5, 5.41) is 0.342. The summed E-state index contributed by atoms with van der Waals surface area (Å²) in [5.41, 5.74) is -0.279. The number of halogens is 2. The molecule has 3 rings (SSSR count). The Morgan fingerprint density at radius 1 is 1.42 bits per heavy atom. The molecule has 0 spiro atoms. The first-order chi connectivity index (χ1) is 9.06. The molecule has 0 radical (unpaired) electrons. The second-order valence-corrected chi connectivity index (χ2v) is 4.41. The molecule has 0 atom stereocenters. The molecule has 1 aromatic carbocycles. The molecule has 19 heavy (non-hydrogen) atoms. The van der Waals surface area contributed by atoms with E-state index in [1.807, 2.05) is 0 Å². The van der Waals surface area contributed by atoms with E-state index in [1.165, 1.54) is 6.92 Å². The van der Waals surface area contributed by atoms with Crippen molar-refractivity contribution in [2.24, 2.45) is 0 Å². The van der Waals surface area contributed by atoms with Gasteiger partial charge in [-0.05, 0) is 19.1 Å². The molecule has 0 fully saturated rings. The largest absolute Gasteiger partial charge is 0.454 e. The number of hydrogen-bond donors (Lipinski definition) is 1. The van der Waals surface area contributed by atoms with Crippen molar-refractivity contribution >= 4 is 11.6 Å². The number of rotatable bonds is 1. The van der Waals surface area contributed by atoms with E-state index in [9.17, 15) is 9.18 Å². The molecule has 0 saturated carbocycles. The Morgan fingerprint density at radius 2 is 2.21 bits per heavy atom. The van der Waals surface area contributed by atoms with Crippen molar-refractivity contribution in [3.8, 4) is 22.9 Å². The number of benzene rings is 1. The highest BCUT2D eigenvalue weighted by Crippen LogP contribution is 2.41. The lowest BCUT2D eigenvalue weighted by atomic mass is 10.2. The van der Waals surface area contributed by atoms with Gasteiger partial charge in [-0.25, -0.2) is 4.98 Å². The highest BCUT2D eigenvalue weighted by atomic mass is 35.5. The van der Waals surface area contributed by atoms with Crippen molar-refractivity contribution in [3.05, 3.63) is 39.0 Å². The van der Waals surface area contributed by atoms with Crippen molar-refractivity contribution < 1.29 is 13.9 Å². The molecule has 2 aromatic rings. The van der Waals surface area contributed by atoms with Crippen molar-refractivity contribution in [2.75, 3.05) is 6.79 Å². The molecule has 1 aromatic heterocycles. The van der Waals surface area contributed by atoms with Crippen LogP contribution in [0, 0.1) is 12.7 Å². The molecule has 1 aliphatic rings. The summed E-state index contributed by atoms with van der Waals surface area (Å²) in [5.74, 6) is 0.249. The van der Waals surface area contributed by atoms with E-state index in [1.54, 1.807) is 12.1 Å². The van der Waals surface area contributed by atoms with Crippen LogP contribution in [0.3, 0.4) is 0 Å². The first kappa shape index (κ1) is 12.0. The maximum Gasteiger partial charge on any atom is 0.287 e. The zero-order valence-electron chi connectivity index (χ0n) is 9.79. The van der Waals surface area contributed by atoms with Gasteiger partial charge in [-0.2, -0.15) is 4.39 Å². The number of nitrogens with zero attached hydrogens (tertiary/aromatic N) is 1. The van der Waals surface area contributed by atoms with E-state index in [2.05, 4.69) is 9.97 Å². The number of ether oxygens (including phenoxy) is 2. The lowest BCUT2D eigenvalue weighted by molar-refractivity contribution is 0.174. The average molecular weight is 283 g/mol.